The van der Waals surface area contributed by atoms with E-state index < -0.39 is 0 Å². The van der Waals surface area contributed by atoms with Crippen LogP contribution in [0.2, 0.25) is 0 Å². The Morgan fingerprint density at radius 2 is 1.80 bits per heavy atom. The van der Waals surface area contributed by atoms with Crippen molar-refractivity contribution in [3.05, 3.63) is 24.3 Å². The van der Waals surface area contributed by atoms with E-state index in [4.69, 9.17) is 0 Å². The average molecular weight is 134 g/mol. The van der Waals surface area contributed by atoms with Crippen LogP contribution in [0.4, 0.5) is 0 Å². The summed E-state index contributed by atoms with van der Waals surface area (Å²) >= 11 is 0. The SMILES string of the molecule is CC1CC1C1C=CCC=C1. The molecule has 0 aromatic carbocycles. The molecule has 0 radical (unpaired) electrons. The second-order valence-electron chi connectivity index (χ2n) is 3.55. The van der Waals surface area contributed by atoms with Gasteiger partial charge in [-0.1, -0.05) is 31.2 Å². The Morgan fingerprint density at radius 1 is 1.20 bits per heavy atom. The van der Waals surface area contributed by atoms with E-state index in [0.29, 0.717) is 0 Å². The van der Waals surface area contributed by atoms with Crippen molar-refractivity contribution < 1.29 is 0 Å². The first kappa shape index (κ1) is 6.21. The van der Waals surface area contributed by atoms with Crippen LogP contribution in [0.5, 0.6) is 0 Å². The Balaban J connectivity index is 1.98. The van der Waals surface area contributed by atoms with Gasteiger partial charge in [-0.2, -0.15) is 0 Å². The van der Waals surface area contributed by atoms with E-state index in [1.165, 1.54) is 6.42 Å². The van der Waals surface area contributed by atoms with E-state index in [1.54, 1.807) is 0 Å². The highest BCUT2D eigenvalue weighted by Crippen LogP contribution is 2.45. The van der Waals surface area contributed by atoms with Crippen molar-refractivity contribution in [2.75, 3.05) is 0 Å². The van der Waals surface area contributed by atoms with Gasteiger partial charge in [0.15, 0.2) is 0 Å². The Bertz CT molecular complexity index is 164. The lowest BCUT2D eigenvalue weighted by Crippen LogP contribution is -1.98. The number of allylic oxidation sites excluding steroid dienone is 4. The summed E-state index contributed by atoms with van der Waals surface area (Å²) in [4.78, 5) is 0. The summed E-state index contributed by atoms with van der Waals surface area (Å²) in [6, 6.07) is 0. The van der Waals surface area contributed by atoms with Gasteiger partial charge in [0, 0.05) is 0 Å². The third-order valence-electron chi connectivity index (χ3n) is 2.65. The summed E-state index contributed by atoms with van der Waals surface area (Å²) in [5.41, 5.74) is 0. The quantitative estimate of drug-likeness (QED) is 0.484. The largest absolute Gasteiger partial charge is 0.0841 e. The molecule has 2 atom stereocenters. The summed E-state index contributed by atoms with van der Waals surface area (Å²) < 4.78 is 0. The minimum atomic E-state index is 0.781. The third kappa shape index (κ3) is 1.03. The Morgan fingerprint density at radius 3 is 2.30 bits per heavy atom. The summed E-state index contributed by atoms with van der Waals surface area (Å²) in [5, 5.41) is 0. The molecule has 0 aliphatic heterocycles. The summed E-state index contributed by atoms with van der Waals surface area (Å²) in [6.07, 6.45) is 11.9. The van der Waals surface area contributed by atoms with Crippen LogP contribution in [-0.4, -0.2) is 0 Å². The number of rotatable bonds is 1. The second kappa shape index (κ2) is 2.26. The van der Waals surface area contributed by atoms with E-state index in [1.807, 2.05) is 0 Å². The van der Waals surface area contributed by atoms with Gasteiger partial charge in [-0.25, -0.2) is 0 Å². The molecule has 1 fully saturated rings. The smallest absolute Gasteiger partial charge is 0.00223 e. The van der Waals surface area contributed by atoms with Crippen LogP contribution in [0.1, 0.15) is 19.8 Å². The molecule has 2 rings (SSSR count). The highest BCUT2D eigenvalue weighted by atomic mass is 14.4. The normalized spacial score (nSPS) is 38.5. The maximum Gasteiger partial charge on any atom is -0.00223 e. The van der Waals surface area contributed by atoms with Crippen LogP contribution in [-0.2, 0) is 0 Å². The molecule has 1 saturated carbocycles. The van der Waals surface area contributed by atoms with E-state index in [9.17, 15) is 0 Å². The van der Waals surface area contributed by atoms with Crippen molar-refractivity contribution in [1.29, 1.82) is 0 Å². The molecule has 0 aromatic heterocycles. The molecular formula is C10H14. The highest BCUT2D eigenvalue weighted by molar-refractivity contribution is 5.13. The zero-order valence-corrected chi connectivity index (χ0v) is 6.46. The van der Waals surface area contributed by atoms with Gasteiger partial charge in [0.2, 0.25) is 0 Å². The summed E-state index contributed by atoms with van der Waals surface area (Å²) in [6.45, 7) is 2.35. The maximum absolute atomic E-state index is 2.37. The molecule has 0 saturated heterocycles. The first-order chi connectivity index (χ1) is 4.88. The lowest BCUT2D eigenvalue weighted by atomic mass is 9.97. The van der Waals surface area contributed by atoms with Crippen molar-refractivity contribution in [2.45, 2.75) is 19.8 Å². The average Bonchev–Trinajstić information content (AvgIpc) is 2.69. The fourth-order valence-corrected chi connectivity index (χ4v) is 1.79. The van der Waals surface area contributed by atoms with Gasteiger partial charge in [-0.3, -0.25) is 0 Å². The lowest BCUT2D eigenvalue weighted by Gasteiger charge is -2.08. The number of hydrogen-bond acceptors (Lipinski definition) is 0. The predicted octanol–water partition coefficient (Wildman–Crippen LogP) is 2.77. The number of hydrogen-bond donors (Lipinski definition) is 0. The molecule has 0 nitrogen and oxygen atoms in total. The van der Waals surface area contributed by atoms with Crippen LogP contribution in [0.25, 0.3) is 0 Å². The van der Waals surface area contributed by atoms with Crippen molar-refractivity contribution in [3.8, 4) is 0 Å². The first-order valence-corrected chi connectivity index (χ1v) is 4.21. The molecular weight excluding hydrogens is 120 g/mol. The molecule has 0 aromatic rings. The molecule has 2 aliphatic carbocycles. The Labute approximate surface area is 62.6 Å². The van der Waals surface area contributed by atoms with Crippen LogP contribution in [0.3, 0.4) is 0 Å². The highest BCUT2D eigenvalue weighted by Gasteiger charge is 2.36. The van der Waals surface area contributed by atoms with Crippen LogP contribution < -0.4 is 0 Å². The molecule has 0 N–H and O–H groups in total. The monoisotopic (exact) mass is 134 g/mol. The van der Waals surface area contributed by atoms with Gasteiger partial charge in [0.1, 0.15) is 0 Å². The second-order valence-corrected chi connectivity index (χ2v) is 3.55. The van der Waals surface area contributed by atoms with Crippen LogP contribution >= 0.6 is 0 Å². The molecule has 2 aliphatic rings. The van der Waals surface area contributed by atoms with Gasteiger partial charge >= 0.3 is 0 Å². The summed E-state index contributed by atoms with van der Waals surface area (Å²) in [7, 11) is 0. The molecule has 0 heteroatoms. The maximum atomic E-state index is 2.37. The zero-order valence-electron chi connectivity index (χ0n) is 6.46. The van der Waals surface area contributed by atoms with Gasteiger partial charge in [0.25, 0.3) is 0 Å². The first-order valence-electron chi connectivity index (χ1n) is 4.21. The van der Waals surface area contributed by atoms with Crippen molar-refractivity contribution >= 4 is 0 Å². The van der Waals surface area contributed by atoms with Crippen molar-refractivity contribution in [2.24, 2.45) is 17.8 Å². The standard InChI is InChI=1S/C10H14/c1-8-7-10(8)9-5-3-2-4-6-9/h3-6,8-10H,2,7H2,1H3. The Kier molecular flexibility index (Phi) is 1.40. The van der Waals surface area contributed by atoms with E-state index in [0.717, 1.165) is 24.2 Å². The zero-order chi connectivity index (χ0) is 6.97. The fraction of sp³-hybridized carbons (Fsp3) is 0.600. The van der Waals surface area contributed by atoms with E-state index in [-0.39, 0.29) is 0 Å². The molecule has 54 valence electrons. The molecule has 0 amide bonds. The minimum absolute atomic E-state index is 0.781. The fourth-order valence-electron chi connectivity index (χ4n) is 1.79. The lowest BCUT2D eigenvalue weighted by molar-refractivity contribution is 0.634. The Hall–Kier alpha value is -0.520. The van der Waals surface area contributed by atoms with Gasteiger partial charge in [-0.15, -0.1) is 0 Å². The van der Waals surface area contributed by atoms with Crippen LogP contribution in [0, 0.1) is 17.8 Å². The van der Waals surface area contributed by atoms with E-state index >= 15 is 0 Å². The molecule has 0 heterocycles. The molecule has 2 unspecified atom stereocenters. The topological polar surface area (TPSA) is 0 Å². The minimum Gasteiger partial charge on any atom is -0.0841 e. The predicted molar refractivity (Wildman–Crippen MR) is 43.7 cm³/mol. The third-order valence-corrected chi connectivity index (χ3v) is 2.65. The van der Waals surface area contributed by atoms with Crippen molar-refractivity contribution in [3.63, 3.8) is 0 Å². The summed E-state index contributed by atoms with van der Waals surface area (Å²) in [5.74, 6) is 2.74. The molecule has 0 spiro atoms. The van der Waals surface area contributed by atoms with Gasteiger partial charge in [-0.05, 0) is 30.6 Å². The van der Waals surface area contributed by atoms with E-state index in [2.05, 4.69) is 31.2 Å². The molecule has 10 heavy (non-hydrogen) atoms. The van der Waals surface area contributed by atoms with Crippen molar-refractivity contribution in [1.82, 2.24) is 0 Å². The van der Waals surface area contributed by atoms with Gasteiger partial charge in [0.05, 0.1) is 0 Å². The van der Waals surface area contributed by atoms with Gasteiger partial charge < -0.3 is 0 Å². The van der Waals surface area contributed by atoms with Crippen LogP contribution in [0.15, 0.2) is 24.3 Å². The molecule has 0 bridgehead atoms.